The number of carboxylic acids is 1. The first-order valence-corrected chi connectivity index (χ1v) is 8.78. The number of aliphatic carboxylic acids is 1. The molecular formula is C17H20N2O4S. The van der Waals surface area contributed by atoms with E-state index < -0.39 is 24.0 Å². The summed E-state index contributed by atoms with van der Waals surface area (Å²) in [5.74, 6) is -0.870. The Kier molecular flexibility index (Phi) is 6.43. The zero-order valence-electron chi connectivity index (χ0n) is 13.2. The summed E-state index contributed by atoms with van der Waals surface area (Å²) in [4.78, 5) is 37.8. The van der Waals surface area contributed by atoms with E-state index in [2.05, 4.69) is 11.9 Å². The molecule has 1 aromatic rings. The zero-order valence-corrected chi connectivity index (χ0v) is 14.0. The number of carbonyl (C=O) groups excluding carboxylic acids is 2. The van der Waals surface area contributed by atoms with E-state index in [0.29, 0.717) is 23.6 Å². The molecule has 2 unspecified atom stereocenters. The van der Waals surface area contributed by atoms with Gasteiger partial charge >= 0.3 is 5.97 Å². The lowest BCUT2D eigenvalue weighted by Crippen LogP contribution is -2.51. The number of amides is 2. The number of benzene rings is 1. The molecule has 0 saturated carbocycles. The van der Waals surface area contributed by atoms with E-state index in [1.54, 1.807) is 30.3 Å². The fourth-order valence-electron chi connectivity index (χ4n) is 2.42. The van der Waals surface area contributed by atoms with Crippen LogP contribution in [0.15, 0.2) is 43.0 Å². The number of rotatable bonds is 7. The minimum absolute atomic E-state index is 0.223. The second-order valence-corrected chi connectivity index (χ2v) is 6.42. The van der Waals surface area contributed by atoms with Gasteiger partial charge in [0.1, 0.15) is 12.1 Å². The molecule has 0 aliphatic carbocycles. The molecule has 0 spiro atoms. The predicted octanol–water partition coefficient (Wildman–Crippen LogP) is 1.74. The van der Waals surface area contributed by atoms with Crippen LogP contribution in [0.3, 0.4) is 0 Å². The van der Waals surface area contributed by atoms with Crippen LogP contribution in [0.2, 0.25) is 0 Å². The number of hydrogen-bond donors (Lipinski definition) is 2. The first-order valence-electron chi connectivity index (χ1n) is 7.62. The smallest absolute Gasteiger partial charge is 0.326 e. The van der Waals surface area contributed by atoms with Gasteiger partial charge in [-0.1, -0.05) is 24.3 Å². The predicted molar refractivity (Wildman–Crippen MR) is 92.7 cm³/mol. The molecule has 0 radical (unpaired) electrons. The van der Waals surface area contributed by atoms with Gasteiger partial charge in [-0.2, -0.15) is 0 Å². The van der Waals surface area contributed by atoms with Crippen LogP contribution >= 0.6 is 11.8 Å². The summed E-state index contributed by atoms with van der Waals surface area (Å²) in [6.45, 7) is 3.56. The van der Waals surface area contributed by atoms with Crippen molar-refractivity contribution >= 4 is 29.5 Å². The normalized spacial score (nSPS) is 18.0. The highest BCUT2D eigenvalue weighted by atomic mass is 32.2. The van der Waals surface area contributed by atoms with E-state index in [9.17, 15) is 19.5 Å². The van der Waals surface area contributed by atoms with Crippen LogP contribution in [0.4, 0.5) is 0 Å². The number of carboxylic acid groups (broad SMARTS) is 1. The molecule has 1 saturated heterocycles. The maximum Gasteiger partial charge on any atom is 0.326 e. The second kappa shape index (κ2) is 8.54. The number of thioether (sulfide) groups is 1. The van der Waals surface area contributed by atoms with Crippen LogP contribution in [0.25, 0.3) is 0 Å². The summed E-state index contributed by atoms with van der Waals surface area (Å²) >= 11 is 1.48. The van der Waals surface area contributed by atoms with E-state index in [1.165, 1.54) is 16.7 Å². The van der Waals surface area contributed by atoms with E-state index in [-0.39, 0.29) is 12.3 Å². The van der Waals surface area contributed by atoms with Crippen LogP contribution < -0.4 is 5.32 Å². The van der Waals surface area contributed by atoms with Crippen molar-refractivity contribution in [2.24, 2.45) is 0 Å². The largest absolute Gasteiger partial charge is 0.480 e. The summed E-state index contributed by atoms with van der Waals surface area (Å²) in [7, 11) is 0. The van der Waals surface area contributed by atoms with E-state index in [4.69, 9.17) is 0 Å². The van der Waals surface area contributed by atoms with Crippen LogP contribution in [0.1, 0.15) is 23.2 Å². The Labute approximate surface area is 144 Å². The highest BCUT2D eigenvalue weighted by Crippen LogP contribution is 2.23. The Morgan fingerprint density at radius 2 is 2.08 bits per heavy atom. The molecule has 2 amide bonds. The van der Waals surface area contributed by atoms with Crippen molar-refractivity contribution in [1.29, 1.82) is 0 Å². The van der Waals surface area contributed by atoms with E-state index in [0.717, 1.165) is 0 Å². The lowest BCUT2D eigenvalue weighted by atomic mass is 10.1. The molecule has 2 N–H and O–H groups in total. The average Bonchev–Trinajstić information content (AvgIpc) is 3.08. The van der Waals surface area contributed by atoms with Crippen LogP contribution in [0.5, 0.6) is 0 Å². The lowest BCUT2D eigenvalue weighted by molar-refractivity contribution is -0.142. The van der Waals surface area contributed by atoms with Gasteiger partial charge in [-0.3, -0.25) is 9.59 Å². The SMILES string of the molecule is C=CCCC(NC(=O)C1CSCN1C(=O)c1ccccc1)C(=O)O. The summed E-state index contributed by atoms with van der Waals surface area (Å²) in [6, 6.07) is 7.11. The van der Waals surface area contributed by atoms with Gasteiger partial charge in [-0.15, -0.1) is 18.3 Å². The second-order valence-electron chi connectivity index (χ2n) is 5.42. The molecule has 2 rings (SSSR count). The molecule has 7 heteroatoms. The summed E-state index contributed by atoms with van der Waals surface area (Å²) in [5, 5.41) is 11.7. The fourth-order valence-corrected chi connectivity index (χ4v) is 3.57. The summed E-state index contributed by atoms with van der Waals surface area (Å²) < 4.78 is 0. The van der Waals surface area contributed by atoms with Gasteiger partial charge in [0.2, 0.25) is 5.91 Å². The van der Waals surface area contributed by atoms with Crippen LogP contribution in [-0.2, 0) is 9.59 Å². The minimum atomic E-state index is -1.09. The maximum atomic E-state index is 12.6. The molecule has 1 aliphatic rings. The molecule has 1 heterocycles. The highest BCUT2D eigenvalue weighted by Gasteiger charge is 2.36. The Hall–Kier alpha value is -2.28. The average molecular weight is 348 g/mol. The van der Waals surface area contributed by atoms with Gasteiger partial charge in [-0.25, -0.2) is 4.79 Å². The monoisotopic (exact) mass is 348 g/mol. The van der Waals surface area contributed by atoms with Crippen molar-refractivity contribution in [3.63, 3.8) is 0 Å². The Morgan fingerprint density at radius 3 is 2.71 bits per heavy atom. The van der Waals surface area contributed by atoms with Crippen molar-refractivity contribution in [3.8, 4) is 0 Å². The third-order valence-electron chi connectivity index (χ3n) is 3.74. The van der Waals surface area contributed by atoms with E-state index >= 15 is 0 Å². The number of hydrogen-bond acceptors (Lipinski definition) is 4. The Bertz CT molecular complexity index is 620. The molecule has 0 bridgehead atoms. The molecule has 1 fully saturated rings. The van der Waals surface area contributed by atoms with Gasteiger partial charge in [0.05, 0.1) is 5.88 Å². The third kappa shape index (κ3) is 4.38. The molecule has 1 aliphatic heterocycles. The standard InChI is InChI=1S/C17H20N2O4S/c1-2-3-9-13(17(22)23)18-15(20)14-10-24-11-19(14)16(21)12-7-5-4-6-8-12/h2,4-8,13-14H,1,3,9-11H2,(H,18,20)(H,22,23). The van der Waals surface area contributed by atoms with Crippen molar-refractivity contribution in [1.82, 2.24) is 10.2 Å². The van der Waals surface area contributed by atoms with Crippen LogP contribution in [-0.4, -0.2) is 51.5 Å². The fraction of sp³-hybridized carbons (Fsp3) is 0.353. The lowest BCUT2D eigenvalue weighted by Gasteiger charge is -2.24. The number of allylic oxidation sites excluding steroid dienone is 1. The molecular weight excluding hydrogens is 328 g/mol. The van der Waals surface area contributed by atoms with Gasteiger partial charge in [0.15, 0.2) is 0 Å². The maximum absolute atomic E-state index is 12.6. The number of carbonyl (C=O) groups is 3. The number of nitrogens with zero attached hydrogens (tertiary/aromatic N) is 1. The van der Waals surface area contributed by atoms with Crippen molar-refractivity contribution in [2.75, 3.05) is 11.6 Å². The first-order chi connectivity index (χ1) is 11.5. The first kappa shape index (κ1) is 18.1. The molecule has 0 aromatic heterocycles. The van der Waals surface area contributed by atoms with Crippen molar-refractivity contribution < 1.29 is 19.5 Å². The molecule has 6 nitrogen and oxygen atoms in total. The topological polar surface area (TPSA) is 86.7 Å². The zero-order chi connectivity index (χ0) is 17.5. The van der Waals surface area contributed by atoms with Gasteiger partial charge in [0, 0.05) is 11.3 Å². The third-order valence-corrected chi connectivity index (χ3v) is 4.75. The van der Waals surface area contributed by atoms with Gasteiger partial charge in [-0.05, 0) is 25.0 Å². The van der Waals surface area contributed by atoms with Crippen molar-refractivity contribution in [3.05, 3.63) is 48.6 Å². The molecule has 24 heavy (non-hydrogen) atoms. The minimum Gasteiger partial charge on any atom is -0.480 e. The summed E-state index contributed by atoms with van der Waals surface area (Å²) in [5.41, 5.74) is 0.513. The summed E-state index contributed by atoms with van der Waals surface area (Å²) in [6.07, 6.45) is 2.37. The van der Waals surface area contributed by atoms with Crippen LogP contribution in [0, 0.1) is 0 Å². The van der Waals surface area contributed by atoms with Gasteiger partial charge < -0.3 is 15.3 Å². The molecule has 2 atom stereocenters. The number of nitrogens with one attached hydrogen (secondary N) is 1. The molecule has 128 valence electrons. The van der Waals surface area contributed by atoms with Crippen molar-refractivity contribution in [2.45, 2.75) is 24.9 Å². The van der Waals surface area contributed by atoms with E-state index in [1.807, 2.05) is 6.07 Å². The Morgan fingerprint density at radius 1 is 1.38 bits per heavy atom. The van der Waals surface area contributed by atoms with Gasteiger partial charge in [0.25, 0.3) is 5.91 Å². The molecule has 1 aromatic carbocycles. The quantitative estimate of drug-likeness (QED) is 0.733. The Balaban J connectivity index is 2.06. The highest BCUT2D eigenvalue weighted by molar-refractivity contribution is 7.99.